The molecule has 1 aromatic carbocycles. The van der Waals surface area contributed by atoms with Crippen LogP contribution in [0, 0.1) is 6.92 Å². The number of hydrogen-bond donors (Lipinski definition) is 1. The third-order valence-corrected chi connectivity index (χ3v) is 3.55. The van der Waals surface area contributed by atoms with E-state index in [0.29, 0.717) is 6.04 Å². The summed E-state index contributed by atoms with van der Waals surface area (Å²) in [6.07, 6.45) is 3.66. The number of nitrogens with one attached hydrogen (secondary N) is 1. The van der Waals surface area contributed by atoms with Gasteiger partial charge in [-0.15, -0.1) is 0 Å². The minimum absolute atomic E-state index is 0.571. The van der Waals surface area contributed by atoms with Crippen molar-refractivity contribution in [1.82, 2.24) is 5.32 Å². The van der Waals surface area contributed by atoms with E-state index >= 15 is 0 Å². The van der Waals surface area contributed by atoms with E-state index in [-0.39, 0.29) is 0 Å². The molecule has 3 rings (SSSR count). The molecule has 1 aromatic rings. The monoisotopic (exact) mass is 203 g/mol. The second-order valence-corrected chi connectivity index (χ2v) is 4.52. The molecule has 1 saturated heterocycles. The summed E-state index contributed by atoms with van der Waals surface area (Å²) in [5.74, 6) is 1.12. The fourth-order valence-electron chi connectivity index (χ4n) is 2.83. The lowest BCUT2D eigenvalue weighted by Crippen LogP contribution is -2.15. The summed E-state index contributed by atoms with van der Waals surface area (Å²) in [5.41, 5.74) is 4.38. The molecule has 0 spiro atoms. The number of fused-ring (bicyclic) bond motifs is 1. The van der Waals surface area contributed by atoms with Crippen LogP contribution in [-0.4, -0.2) is 13.2 Å². The zero-order valence-electron chi connectivity index (χ0n) is 9.18. The summed E-state index contributed by atoms with van der Waals surface area (Å²) < 4.78 is 5.63. The molecule has 80 valence electrons. The summed E-state index contributed by atoms with van der Waals surface area (Å²) in [7, 11) is 0. The van der Waals surface area contributed by atoms with Crippen molar-refractivity contribution in [3.8, 4) is 5.75 Å². The van der Waals surface area contributed by atoms with Crippen LogP contribution in [0.25, 0.3) is 0 Å². The maximum Gasteiger partial charge on any atom is 0.122 e. The van der Waals surface area contributed by atoms with Crippen LogP contribution in [0.15, 0.2) is 12.1 Å². The lowest BCUT2D eigenvalue weighted by Gasteiger charge is -2.17. The topological polar surface area (TPSA) is 21.3 Å². The van der Waals surface area contributed by atoms with Gasteiger partial charge in [-0.25, -0.2) is 0 Å². The van der Waals surface area contributed by atoms with Gasteiger partial charge in [0.05, 0.1) is 6.61 Å². The Balaban J connectivity index is 2.08. The standard InChI is InChI=1S/C13H17NO/c1-9-4-5-12-10(6-8-15-12)13(9)11-3-2-7-14-11/h4-5,11,14H,2-3,6-8H2,1H3. The molecule has 2 aliphatic rings. The smallest absolute Gasteiger partial charge is 0.122 e. The minimum Gasteiger partial charge on any atom is -0.493 e. The van der Waals surface area contributed by atoms with Gasteiger partial charge in [0, 0.05) is 18.0 Å². The highest BCUT2D eigenvalue weighted by molar-refractivity contribution is 5.48. The number of aryl methyl sites for hydroxylation is 1. The Bertz CT molecular complexity index is 380. The van der Waals surface area contributed by atoms with Gasteiger partial charge in [-0.2, -0.15) is 0 Å². The molecule has 0 radical (unpaired) electrons. The van der Waals surface area contributed by atoms with E-state index in [1.807, 2.05) is 0 Å². The zero-order valence-corrected chi connectivity index (χ0v) is 9.18. The van der Waals surface area contributed by atoms with E-state index in [9.17, 15) is 0 Å². The summed E-state index contributed by atoms with van der Waals surface area (Å²) in [6, 6.07) is 4.89. The zero-order chi connectivity index (χ0) is 10.3. The van der Waals surface area contributed by atoms with Crippen LogP contribution in [-0.2, 0) is 6.42 Å². The van der Waals surface area contributed by atoms with Gasteiger partial charge in [0.1, 0.15) is 5.75 Å². The number of ether oxygens (including phenoxy) is 1. The van der Waals surface area contributed by atoms with Crippen LogP contribution in [0.2, 0.25) is 0 Å². The molecule has 0 aromatic heterocycles. The third-order valence-electron chi connectivity index (χ3n) is 3.55. The van der Waals surface area contributed by atoms with Gasteiger partial charge in [0.2, 0.25) is 0 Å². The molecule has 1 N–H and O–H groups in total. The van der Waals surface area contributed by atoms with Crippen molar-refractivity contribution in [2.75, 3.05) is 13.2 Å². The number of rotatable bonds is 1. The predicted molar refractivity (Wildman–Crippen MR) is 60.4 cm³/mol. The van der Waals surface area contributed by atoms with Gasteiger partial charge in [-0.05, 0) is 43.5 Å². The molecule has 0 amide bonds. The van der Waals surface area contributed by atoms with E-state index < -0.39 is 0 Å². The van der Waals surface area contributed by atoms with Crippen LogP contribution in [0.5, 0.6) is 5.75 Å². The van der Waals surface area contributed by atoms with Gasteiger partial charge in [0.25, 0.3) is 0 Å². The van der Waals surface area contributed by atoms with Crippen LogP contribution in [0.1, 0.15) is 35.6 Å². The molecule has 0 aliphatic carbocycles. The van der Waals surface area contributed by atoms with E-state index in [1.165, 1.54) is 29.5 Å². The highest BCUT2D eigenvalue weighted by Gasteiger charge is 2.25. The molecule has 15 heavy (non-hydrogen) atoms. The third kappa shape index (κ3) is 1.44. The van der Waals surface area contributed by atoms with Crippen molar-refractivity contribution in [2.24, 2.45) is 0 Å². The maximum absolute atomic E-state index is 5.63. The van der Waals surface area contributed by atoms with Crippen LogP contribution >= 0.6 is 0 Å². The van der Waals surface area contributed by atoms with Crippen molar-refractivity contribution < 1.29 is 4.74 Å². The van der Waals surface area contributed by atoms with Gasteiger partial charge in [0.15, 0.2) is 0 Å². The lowest BCUT2D eigenvalue weighted by molar-refractivity contribution is 0.357. The summed E-state index contributed by atoms with van der Waals surface area (Å²) in [5, 5.41) is 3.59. The molecular formula is C13H17NO. The molecule has 2 heteroatoms. The normalized spacial score (nSPS) is 23.9. The highest BCUT2D eigenvalue weighted by atomic mass is 16.5. The van der Waals surface area contributed by atoms with Crippen molar-refractivity contribution >= 4 is 0 Å². The van der Waals surface area contributed by atoms with Crippen LogP contribution in [0.3, 0.4) is 0 Å². The Kier molecular flexibility index (Phi) is 2.17. The van der Waals surface area contributed by atoms with E-state index in [0.717, 1.165) is 25.3 Å². The molecule has 2 heterocycles. The van der Waals surface area contributed by atoms with Gasteiger partial charge < -0.3 is 10.1 Å². The SMILES string of the molecule is Cc1ccc2c(c1C1CCCN1)CCO2. The van der Waals surface area contributed by atoms with Crippen LogP contribution in [0.4, 0.5) is 0 Å². The highest BCUT2D eigenvalue weighted by Crippen LogP contribution is 2.36. The van der Waals surface area contributed by atoms with Crippen molar-refractivity contribution in [3.05, 3.63) is 28.8 Å². The van der Waals surface area contributed by atoms with Gasteiger partial charge in [-0.1, -0.05) is 6.07 Å². The fraction of sp³-hybridized carbons (Fsp3) is 0.538. The second-order valence-electron chi connectivity index (χ2n) is 4.52. The molecular weight excluding hydrogens is 186 g/mol. The predicted octanol–water partition coefficient (Wildman–Crippen LogP) is 2.35. The average Bonchev–Trinajstić information content (AvgIpc) is 2.85. The first-order valence-corrected chi connectivity index (χ1v) is 5.85. The van der Waals surface area contributed by atoms with Crippen molar-refractivity contribution in [1.29, 1.82) is 0 Å². The summed E-state index contributed by atoms with van der Waals surface area (Å²) >= 11 is 0. The Morgan fingerprint density at radius 3 is 3.13 bits per heavy atom. The quantitative estimate of drug-likeness (QED) is 0.756. The van der Waals surface area contributed by atoms with Crippen molar-refractivity contribution in [3.63, 3.8) is 0 Å². The first-order chi connectivity index (χ1) is 7.36. The molecule has 0 bridgehead atoms. The van der Waals surface area contributed by atoms with E-state index in [2.05, 4.69) is 24.4 Å². The Hall–Kier alpha value is -1.02. The molecule has 1 fully saturated rings. The molecule has 2 nitrogen and oxygen atoms in total. The molecule has 1 unspecified atom stereocenters. The van der Waals surface area contributed by atoms with E-state index in [1.54, 1.807) is 0 Å². The Labute approximate surface area is 90.6 Å². The second kappa shape index (κ2) is 3.53. The molecule has 1 atom stereocenters. The van der Waals surface area contributed by atoms with Crippen LogP contribution < -0.4 is 10.1 Å². The number of benzene rings is 1. The molecule has 2 aliphatic heterocycles. The van der Waals surface area contributed by atoms with E-state index in [4.69, 9.17) is 4.74 Å². The lowest BCUT2D eigenvalue weighted by atomic mass is 9.93. The maximum atomic E-state index is 5.63. The Morgan fingerprint density at radius 1 is 1.40 bits per heavy atom. The summed E-state index contributed by atoms with van der Waals surface area (Å²) in [4.78, 5) is 0. The number of hydrogen-bond acceptors (Lipinski definition) is 2. The van der Waals surface area contributed by atoms with Gasteiger partial charge in [-0.3, -0.25) is 0 Å². The molecule has 0 saturated carbocycles. The fourth-order valence-corrected chi connectivity index (χ4v) is 2.83. The average molecular weight is 203 g/mol. The Morgan fingerprint density at radius 2 is 2.33 bits per heavy atom. The first-order valence-electron chi connectivity index (χ1n) is 5.85. The minimum atomic E-state index is 0.571. The summed E-state index contributed by atoms with van der Waals surface area (Å²) in [6.45, 7) is 4.24. The van der Waals surface area contributed by atoms with Crippen molar-refractivity contribution in [2.45, 2.75) is 32.2 Å². The first kappa shape index (κ1) is 9.22. The van der Waals surface area contributed by atoms with Gasteiger partial charge >= 0.3 is 0 Å². The largest absolute Gasteiger partial charge is 0.493 e.